The SMILES string of the molecule is CC(C)(C)CCN1CC=CC(OC(=O)O)=C1SC1CCCC1Cc1ccccc1. The van der Waals surface area contributed by atoms with Gasteiger partial charge in [-0.3, -0.25) is 0 Å². The minimum Gasteiger partial charge on any atom is -0.449 e. The lowest BCUT2D eigenvalue weighted by Crippen LogP contribution is -2.31. The zero-order valence-electron chi connectivity index (χ0n) is 17.8. The van der Waals surface area contributed by atoms with Crippen LogP contribution in [0.1, 0.15) is 52.0 Å². The highest BCUT2D eigenvalue weighted by Gasteiger charge is 2.32. The number of carbonyl (C=O) groups is 1. The molecule has 1 aliphatic carbocycles. The molecule has 0 aromatic heterocycles. The Balaban J connectivity index is 1.77. The molecule has 0 saturated heterocycles. The minimum atomic E-state index is -1.24. The van der Waals surface area contributed by atoms with Crippen molar-refractivity contribution in [1.29, 1.82) is 0 Å². The van der Waals surface area contributed by atoms with Crippen LogP contribution in [-0.2, 0) is 11.2 Å². The molecule has 1 fully saturated rings. The first kappa shape index (κ1) is 21.8. The van der Waals surface area contributed by atoms with E-state index in [-0.39, 0.29) is 5.41 Å². The Hall–Kier alpha value is -1.88. The monoisotopic (exact) mass is 415 g/mol. The van der Waals surface area contributed by atoms with E-state index in [0.29, 0.717) is 16.9 Å². The zero-order valence-corrected chi connectivity index (χ0v) is 18.6. The number of benzene rings is 1. The summed E-state index contributed by atoms with van der Waals surface area (Å²) in [5.74, 6) is 1.09. The van der Waals surface area contributed by atoms with Gasteiger partial charge >= 0.3 is 6.16 Å². The van der Waals surface area contributed by atoms with E-state index in [1.54, 1.807) is 0 Å². The van der Waals surface area contributed by atoms with Gasteiger partial charge in [0.25, 0.3) is 0 Å². The molecule has 2 atom stereocenters. The van der Waals surface area contributed by atoms with Gasteiger partial charge in [0.1, 0.15) is 5.03 Å². The number of carboxylic acid groups (broad SMARTS) is 1. The Morgan fingerprint density at radius 2 is 2.00 bits per heavy atom. The van der Waals surface area contributed by atoms with Crippen molar-refractivity contribution in [3.8, 4) is 0 Å². The maximum Gasteiger partial charge on any atom is 0.511 e. The predicted molar refractivity (Wildman–Crippen MR) is 120 cm³/mol. The molecule has 0 bridgehead atoms. The van der Waals surface area contributed by atoms with Crippen LogP contribution in [0.3, 0.4) is 0 Å². The van der Waals surface area contributed by atoms with E-state index in [1.807, 2.05) is 23.9 Å². The molecule has 2 aliphatic rings. The smallest absolute Gasteiger partial charge is 0.449 e. The van der Waals surface area contributed by atoms with Gasteiger partial charge in [0.05, 0.1) is 0 Å². The number of ether oxygens (including phenoxy) is 1. The van der Waals surface area contributed by atoms with Gasteiger partial charge in [-0.2, -0.15) is 0 Å². The highest BCUT2D eigenvalue weighted by Crippen LogP contribution is 2.43. The van der Waals surface area contributed by atoms with Gasteiger partial charge in [-0.05, 0) is 48.7 Å². The first-order valence-corrected chi connectivity index (χ1v) is 11.5. The highest BCUT2D eigenvalue weighted by molar-refractivity contribution is 8.03. The number of hydrogen-bond donors (Lipinski definition) is 1. The van der Waals surface area contributed by atoms with Crippen LogP contribution in [0.4, 0.5) is 4.79 Å². The van der Waals surface area contributed by atoms with Gasteiger partial charge in [-0.1, -0.05) is 63.6 Å². The van der Waals surface area contributed by atoms with Crippen molar-refractivity contribution in [3.63, 3.8) is 0 Å². The molecule has 1 N–H and O–H groups in total. The molecular formula is C24H33NO3S. The van der Waals surface area contributed by atoms with Crippen molar-refractivity contribution in [3.05, 3.63) is 58.8 Å². The number of thioether (sulfide) groups is 1. The predicted octanol–water partition coefficient (Wildman–Crippen LogP) is 6.30. The highest BCUT2D eigenvalue weighted by atomic mass is 32.2. The summed E-state index contributed by atoms with van der Waals surface area (Å²) in [6, 6.07) is 10.7. The standard InChI is InChI=1S/C24H33NO3S/c1-24(2,3)14-16-25-15-8-12-20(28-23(26)27)22(25)29-21-13-7-11-19(21)17-18-9-5-4-6-10-18/h4-6,8-10,12,19,21H,7,11,13-17H2,1-3H3,(H,26,27). The van der Waals surface area contributed by atoms with Crippen LogP contribution < -0.4 is 0 Å². The molecule has 158 valence electrons. The van der Waals surface area contributed by atoms with E-state index in [9.17, 15) is 9.90 Å². The Bertz CT molecular complexity index is 751. The van der Waals surface area contributed by atoms with Crippen molar-refractivity contribution >= 4 is 17.9 Å². The van der Waals surface area contributed by atoms with Crippen molar-refractivity contribution < 1.29 is 14.6 Å². The van der Waals surface area contributed by atoms with E-state index in [2.05, 4.69) is 56.0 Å². The average Bonchev–Trinajstić information content (AvgIpc) is 3.08. The van der Waals surface area contributed by atoms with Crippen molar-refractivity contribution in [2.75, 3.05) is 13.1 Å². The van der Waals surface area contributed by atoms with Crippen LogP contribution in [0.2, 0.25) is 0 Å². The van der Waals surface area contributed by atoms with Crippen LogP contribution >= 0.6 is 11.8 Å². The summed E-state index contributed by atoms with van der Waals surface area (Å²) < 4.78 is 5.18. The fourth-order valence-electron chi connectivity index (χ4n) is 4.02. The summed E-state index contributed by atoms with van der Waals surface area (Å²) in [5.41, 5.74) is 1.61. The normalized spacial score (nSPS) is 22.2. The van der Waals surface area contributed by atoms with Crippen molar-refractivity contribution in [1.82, 2.24) is 4.90 Å². The fraction of sp³-hybridized carbons (Fsp3) is 0.542. The Kier molecular flexibility index (Phi) is 7.33. The lowest BCUT2D eigenvalue weighted by Gasteiger charge is -2.34. The third kappa shape index (κ3) is 6.56. The largest absolute Gasteiger partial charge is 0.511 e. The third-order valence-electron chi connectivity index (χ3n) is 5.62. The second-order valence-electron chi connectivity index (χ2n) is 9.23. The molecule has 1 aromatic carbocycles. The second kappa shape index (κ2) is 9.75. The maximum atomic E-state index is 11.3. The first-order valence-electron chi connectivity index (χ1n) is 10.6. The molecule has 3 rings (SSSR count). The number of rotatable bonds is 7. The van der Waals surface area contributed by atoms with Crippen LogP contribution in [-0.4, -0.2) is 34.5 Å². The van der Waals surface area contributed by atoms with Crippen LogP contribution in [0.5, 0.6) is 0 Å². The van der Waals surface area contributed by atoms with E-state index in [4.69, 9.17) is 4.74 Å². The van der Waals surface area contributed by atoms with Gasteiger partial charge in [0.2, 0.25) is 0 Å². The molecule has 2 unspecified atom stereocenters. The first-order chi connectivity index (χ1) is 13.8. The Labute approximate surface area is 179 Å². The average molecular weight is 416 g/mol. The zero-order chi connectivity index (χ0) is 20.9. The van der Waals surface area contributed by atoms with E-state index in [0.717, 1.165) is 31.0 Å². The van der Waals surface area contributed by atoms with Crippen LogP contribution in [0, 0.1) is 11.3 Å². The van der Waals surface area contributed by atoms with E-state index >= 15 is 0 Å². The molecule has 1 aromatic rings. The molecule has 1 heterocycles. The van der Waals surface area contributed by atoms with Crippen LogP contribution in [0.15, 0.2) is 53.3 Å². The van der Waals surface area contributed by atoms with Gasteiger partial charge < -0.3 is 14.7 Å². The molecule has 29 heavy (non-hydrogen) atoms. The summed E-state index contributed by atoms with van der Waals surface area (Å²) in [6.45, 7) is 8.43. The number of nitrogens with zero attached hydrogens (tertiary/aromatic N) is 1. The Morgan fingerprint density at radius 3 is 2.69 bits per heavy atom. The van der Waals surface area contributed by atoms with Gasteiger partial charge in [0, 0.05) is 18.3 Å². The van der Waals surface area contributed by atoms with Crippen LogP contribution in [0.25, 0.3) is 0 Å². The molecule has 0 radical (unpaired) electrons. The lowest BCUT2D eigenvalue weighted by atomic mass is 9.92. The van der Waals surface area contributed by atoms with E-state index in [1.165, 1.54) is 24.8 Å². The van der Waals surface area contributed by atoms with Gasteiger partial charge in [-0.25, -0.2) is 4.79 Å². The minimum absolute atomic E-state index is 0.230. The molecule has 5 heteroatoms. The Morgan fingerprint density at radius 1 is 1.24 bits per heavy atom. The third-order valence-corrected chi connectivity index (χ3v) is 7.22. The molecule has 0 amide bonds. The fourth-order valence-corrected chi connectivity index (χ4v) is 5.55. The molecule has 1 saturated carbocycles. The quantitative estimate of drug-likeness (QED) is 0.529. The topological polar surface area (TPSA) is 49.8 Å². The summed E-state index contributed by atoms with van der Waals surface area (Å²) >= 11 is 1.83. The lowest BCUT2D eigenvalue weighted by molar-refractivity contribution is 0.119. The number of allylic oxidation sites excluding steroid dienone is 1. The molecular weight excluding hydrogens is 382 g/mol. The van der Waals surface area contributed by atoms with Gasteiger partial charge in [0.15, 0.2) is 5.76 Å². The molecule has 4 nitrogen and oxygen atoms in total. The molecule has 0 spiro atoms. The maximum absolute atomic E-state index is 11.3. The summed E-state index contributed by atoms with van der Waals surface area (Å²) in [5, 5.41) is 10.7. The van der Waals surface area contributed by atoms with E-state index < -0.39 is 6.16 Å². The summed E-state index contributed by atoms with van der Waals surface area (Å²) in [7, 11) is 0. The summed E-state index contributed by atoms with van der Waals surface area (Å²) in [6.07, 6.45) is 8.34. The second-order valence-corrected chi connectivity index (χ2v) is 10.5. The van der Waals surface area contributed by atoms with Crippen molar-refractivity contribution in [2.24, 2.45) is 11.3 Å². The summed E-state index contributed by atoms with van der Waals surface area (Å²) in [4.78, 5) is 13.6. The van der Waals surface area contributed by atoms with Crippen molar-refractivity contribution in [2.45, 2.75) is 58.1 Å². The number of hydrogen-bond acceptors (Lipinski definition) is 4. The van der Waals surface area contributed by atoms with Gasteiger partial charge in [-0.15, -0.1) is 11.8 Å². The molecule has 1 aliphatic heterocycles.